The first-order valence-electron chi connectivity index (χ1n) is 13.1. The molecule has 0 amide bonds. The maximum Gasteiger partial charge on any atom is 0.208 e. The van der Waals surface area contributed by atoms with E-state index < -0.39 is 11.2 Å². The van der Waals surface area contributed by atoms with E-state index >= 15 is 0 Å². The molecule has 2 aromatic carbocycles. The van der Waals surface area contributed by atoms with Crippen LogP contribution >= 0.6 is 0 Å². The lowest BCUT2D eigenvalue weighted by molar-refractivity contribution is -0.163. The quantitative estimate of drug-likeness (QED) is 0.371. The monoisotopic (exact) mass is 514 g/mol. The van der Waals surface area contributed by atoms with E-state index in [2.05, 4.69) is 28.7 Å². The molecule has 5 atom stereocenters. The van der Waals surface area contributed by atoms with Crippen LogP contribution < -0.4 is 0 Å². The molecule has 1 aliphatic heterocycles. The number of imidazole rings is 1. The zero-order valence-electron chi connectivity index (χ0n) is 21.9. The minimum atomic E-state index is -0.770. The fourth-order valence-electron chi connectivity index (χ4n) is 6.26. The summed E-state index contributed by atoms with van der Waals surface area (Å²) in [6.07, 6.45) is 1.95. The smallest absolute Gasteiger partial charge is 0.208 e. The first-order valence-corrected chi connectivity index (χ1v) is 13.1. The van der Waals surface area contributed by atoms with Gasteiger partial charge in [-0.2, -0.15) is 0 Å². The van der Waals surface area contributed by atoms with Crippen LogP contribution in [0.5, 0.6) is 0 Å². The molecular formula is C32H26N4O3. The highest BCUT2D eigenvalue weighted by Gasteiger charge is 2.78. The number of Topliss-reactive ketones (excluding diaryl/α,β-unsaturated/α-hetero) is 1. The van der Waals surface area contributed by atoms with Crippen molar-refractivity contribution in [2.75, 3.05) is 0 Å². The number of hydrogen-bond donors (Lipinski definition) is 0. The predicted octanol–water partition coefficient (Wildman–Crippen LogP) is 4.30. The van der Waals surface area contributed by atoms with Crippen LogP contribution in [0, 0.1) is 35.0 Å². The van der Waals surface area contributed by atoms with E-state index in [1.54, 1.807) is 13.3 Å². The van der Waals surface area contributed by atoms with Crippen LogP contribution in [0.15, 0.2) is 67.0 Å². The molecule has 0 bridgehead atoms. The minimum absolute atomic E-state index is 0.0890. The average molecular weight is 515 g/mol. The van der Waals surface area contributed by atoms with Gasteiger partial charge in [-0.3, -0.25) is 4.79 Å². The number of carbonyl (C=O) groups is 1. The Hall–Kier alpha value is -4.30. The molecule has 2 aliphatic carbocycles. The van der Waals surface area contributed by atoms with Crippen LogP contribution in [0.2, 0.25) is 0 Å². The molecule has 2 unspecified atom stereocenters. The van der Waals surface area contributed by atoms with Crippen LogP contribution in [0.4, 0.5) is 0 Å². The first-order chi connectivity index (χ1) is 18.9. The summed E-state index contributed by atoms with van der Waals surface area (Å²) in [6.45, 7) is 5.46. The summed E-state index contributed by atoms with van der Waals surface area (Å²) in [7, 11) is 0. The van der Waals surface area contributed by atoms with Crippen LogP contribution in [-0.4, -0.2) is 43.3 Å². The minimum Gasteiger partial charge on any atom is -0.343 e. The summed E-state index contributed by atoms with van der Waals surface area (Å²) >= 11 is 0. The van der Waals surface area contributed by atoms with Crippen molar-refractivity contribution < 1.29 is 14.3 Å². The van der Waals surface area contributed by atoms with Gasteiger partial charge in [0.05, 0.1) is 17.8 Å². The zero-order valence-corrected chi connectivity index (χ0v) is 21.9. The fourth-order valence-corrected chi connectivity index (χ4v) is 6.26. The second-order valence-electron chi connectivity index (χ2n) is 10.9. The topological polar surface area (TPSA) is 79.1 Å². The largest absolute Gasteiger partial charge is 0.343 e. The summed E-state index contributed by atoms with van der Waals surface area (Å²) in [5.41, 5.74) is 2.95. The maximum absolute atomic E-state index is 12.9. The summed E-state index contributed by atoms with van der Waals surface area (Å²) in [5.74, 6) is 12.5. The van der Waals surface area contributed by atoms with E-state index in [-0.39, 0.29) is 30.0 Å². The van der Waals surface area contributed by atoms with Crippen molar-refractivity contribution >= 4 is 16.9 Å². The van der Waals surface area contributed by atoms with E-state index in [4.69, 9.17) is 19.4 Å². The van der Waals surface area contributed by atoms with Crippen LogP contribution in [0.1, 0.15) is 55.9 Å². The van der Waals surface area contributed by atoms with Gasteiger partial charge in [0.1, 0.15) is 29.2 Å². The van der Waals surface area contributed by atoms with Crippen molar-refractivity contribution in [1.82, 2.24) is 19.5 Å². The molecule has 0 N–H and O–H groups in total. The van der Waals surface area contributed by atoms with Gasteiger partial charge < -0.3 is 14.0 Å². The Labute approximate surface area is 226 Å². The number of fused-ring (bicyclic) bond motifs is 4. The normalized spacial score (nSPS) is 27.6. The number of ether oxygens (including phenoxy) is 2. The van der Waals surface area contributed by atoms with E-state index in [1.165, 1.54) is 0 Å². The molecule has 39 heavy (non-hydrogen) atoms. The molecular weight excluding hydrogens is 488 g/mol. The average Bonchev–Trinajstić information content (AvgIpc) is 3.27. The van der Waals surface area contributed by atoms with Gasteiger partial charge in [0, 0.05) is 11.1 Å². The van der Waals surface area contributed by atoms with Crippen molar-refractivity contribution in [2.45, 2.75) is 51.2 Å². The number of benzene rings is 2. The highest BCUT2D eigenvalue weighted by Crippen LogP contribution is 2.71. The van der Waals surface area contributed by atoms with E-state index in [0.29, 0.717) is 22.7 Å². The second-order valence-corrected chi connectivity index (χ2v) is 10.9. The lowest BCUT2D eigenvalue weighted by atomic mass is 9.95. The Morgan fingerprint density at radius 1 is 0.923 bits per heavy atom. The highest BCUT2D eigenvalue weighted by atomic mass is 16.8. The lowest BCUT2D eigenvalue weighted by Gasteiger charge is -2.24. The van der Waals surface area contributed by atoms with Gasteiger partial charge in [0.15, 0.2) is 11.4 Å². The maximum atomic E-state index is 12.9. The summed E-state index contributed by atoms with van der Waals surface area (Å²) < 4.78 is 14.7. The van der Waals surface area contributed by atoms with Crippen molar-refractivity contribution in [1.29, 1.82) is 0 Å². The second kappa shape index (κ2) is 8.61. The molecule has 7 rings (SSSR count). The Balaban J connectivity index is 1.37. The zero-order chi connectivity index (χ0) is 26.8. The van der Waals surface area contributed by atoms with E-state index in [0.717, 1.165) is 17.5 Å². The Morgan fingerprint density at radius 2 is 1.59 bits per heavy atom. The van der Waals surface area contributed by atoms with Crippen molar-refractivity contribution in [3.05, 3.63) is 89.6 Å². The lowest BCUT2D eigenvalue weighted by Crippen LogP contribution is -2.34. The van der Waals surface area contributed by atoms with E-state index in [9.17, 15) is 4.79 Å². The summed E-state index contributed by atoms with van der Waals surface area (Å²) in [6, 6.07) is 19.3. The van der Waals surface area contributed by atoms with Gasteiger partial charge in [-0.25, -0.2) is 15.0 Å². The Morgan fingerprint density at radius 3 is 2.26 bits per heavy atom. The molecule has 1 saturated heterocycles. The van der Waals surface area contributed by atoms with Gasteiger partial charge in [-0.1, -0.05) is 48.2 Å². The first kappa shape index (κ1) is 23.8. The van der Waals surface area contributed by atoms with Gasteiger partial charge in [-0.15, -0.1) is 0 Å². The molecule has 0 radical (unpaired) electrons. The number of ketones is 1. The summed E-state index contributed by atoms with van der Waals surface area (Å²) in [5, 5.41) is 0. The van der Waals surface area contributed by atoms with Crippen LogP contribution in [0.25, 0.3) is 11.2 Å². The third-order valence-electron chi connectivity index (χ3n) is 8.03. The number of rotatable bonds is 2. The summed E-state index contributed by atoms with van der Waals surface area (Å²) in [4.78, 5) is 27.1. The van der Waals surface area contributed by atoms with Crippen LogP contribution in [-0.2, 0) is 14.3 Å². The molecule has 192 valence electrons. The molecule has 4 aromatic rings. The standard InChI is InChI=1S/C32H26N4O3/c1-20(37)32-18-23(32)27(28-29(32)39-31(2,3)38-28)36-19-33-26-24(16-14-21-10-6-4-7-11-21)34-25(35-30(26)36)17-15-22-12-8-5-9-13-22/h4-13,19,23,27-29H,18H2,1-3H3/t23?,27-,28+,29?,32+/m1/s1. The number of aromatic nitrogens is 4. The number of hydrogen-bond acceptors (Lipinski definition) is 6. The SMILES string of the molecule is CC(=O)[C@@]12CC1[C@@H](n1cnc3c(C#Cc4ccccc4)nc(C#Cc4ccccc4)nc31)[C@@H]1OC(C)(C)OC12. The fraction of sp³-hybridized carbons (Fsp3) is 0.312. The van der Waals surface area contributed by atoms with Crippen LogP contribution in [0.3, 0.4) is 0 Å². The molecule has 3 heterocycles. The van der Waals surface area contributed by atoms with Gasteiger partial charge >= 0.3 is 0 Å². The van der Waals surface area contributed by atoms with Gasteiger partial charge in [-0.05, 0) is 69.2 Å². The van der Waals surface area contributed by atoms with E-state index in [1.807, 2.05) is 79.1 Å². The molecule has 2 saturated carbocycles. The van der Waals surface area contributed by atoms with Gasteiger partial charge in [0.25, 0.3) is 0 Å². The number of carbonyl (C=O) groups excluding carboxylic acids is 1. The van der Waals surface area contributed by atoms with Gasteiger partial charge in [0.2, 0.25) is 5.82 Å². The predicted molar refractivity (Wildman–Crippen MR) is 144 cm³/mol. The Kier molecular flexibility index (Phi) is 5.25. The molecule has 2 aromatic heterocycles. The molecule has 3 fully saturated rings. The molecule has 7 nitrogen and oxygen atoms in total. The molecule has 0 spiro atoms. The Bertz CT molecular complexity index is 1740. The number of nitrogens with zero attached hydrogens (tertiary/aromatic N) is 4. The molecule has 3 aliphatic rings. The van der Waals surface area contributed by atoms with Crippen molar-refractivity contribution in [3.63, 3.8) is 0 Å². The highest BCUT2D eigenvalue weighted by molar-refractivity contribution is 5.88. The third kappa shape index (κ3) is 3.86. The third-order valence-corrected chi connectivity index (χ3v) is 8.03. The van der Waals surface area contributed by atoms with Crippen molar-refractivity contribution in [3.8, 4) is 23.7 Å². The molecule has 7 heteroatoms. The van der Waals surface area contributed by atoms with Crippen molar-refractivity contribution in [2.24, 2.45) is 11.3 Å².